The second-order valence-corrected chi connectivity index (χ2v) is 6.60. The Morgan fingerprint density at radius 1 is 1.40 bits per heavy atom. The van der Waals surface area contributed by atoms with Crippen LogP contribution in [0.4, 0.5) is 0 Å². The van der Waals surface area contributed by atoms with Crippen molar-refractivity contribution in [2.75, 3.05) is 0 Å². The predicted octanol–water partition coefficient (Wildman–Crippen LogP) is 3.67. The third kappa shape index (κ3) is 1.31. The van der Waals surface area contributed by atoms with Gasteiger partial charge in [0.1, 0.15) is 6.29 Å². The minimum absolute atomic E-state index is 0.486. The largest absolute Gasteiger partial charge is 0.303 e. The van der Waals surface area contributed by atoms with Gasteiger partial charge in [-0.25, -0.2) is 0 Å². The number of hydrogen-bond acceptors (Lipinski definition) is 1. The van der Waals surface area contributed by atoms with Crippen LogP contribution < -0.4 is 0 Å². The molecule has 0 N–H and O–H groups in total. The summed E-state index contributed by atoms with van der Waals surface area (Å²) < 4.78 is 0. The van der Waals surface area contributed by atoms with Gasteiger partial charge in [0, 0.05) is 6.42 Å². The average molecular weight is 208 g/mol. The molecule has 4 atom stereocenters. The second-order valence-electron chi connectivity index (χ2n) is 6.60. The summed E-state index contributed by atoms with van der Waals surface area (Å²) in [4.78, 5) is 10.6. The topological polar surface area (TPSA) is 17.1 Å². The minimum atomic E-state index is 0.486. The van der Waals surface area contributed by atoms with Crippen LogP contribution in [0, 0.1) is 28.6 Å². The summed E-state index contributed by atoms with van der Waals surface area (Å²) in [6, 6.07) is 0. The van der Waals surface area contributed by atoms with Crippen molar-refractivity contribution < 1.29 is 4.79 Å². The lowest BCUT2D eigenvalue weighted by Gasteiger charge is -2.41. The van der Waals surface area contributed by atoms with Crippen LogP contribution in [0.15, 0.2) is 0 Å². The van der Waals surface area contributed by atoms with Gasteiger partial charge in [-0.05, 0) is 47.8 Å². The molecule has 0 aliphatic heterocycles. The molecule has 0 aromatic heterocycles. The summed E-state index contributed by atoms with van der Waals surface area (Å²) in [7, 11) is 0. The van der Waals surface area contributed by atoms with Crippen LogP contribution in [0.2, 0.25) is 0 Å². The third-order valence-corrected chi connectivity index (χ3v) is 6.02. The summed E-state index contributed by atoms with van der Waals surface area (Å²) >= 11 is 0. The van der Waals surface area contributed by atoms with E-state index in [4.69, 9.17) is 0 Å². The molecule has 0 aromatic carbocycles. The Kier molecular flexibility index (Phi) is 2.48. The molecule has 1 heteroatoms. The first kappa shape index (κ1) is 11.2. The highest BCUT2D eigenvalue weighted by Crippen LogP contribution is 2.69. The van der Waals surface area contributed by atoms with Crippen molar-refractivity contribution in [1.29, 1.82) is 0 Å². The lowest BCUT2D eigenvalue weighted by Crippen LogP contribution is -2.35. The first-order valence-corrected chi connectivity index (χ1v) is 6.37. The summed E-state index contributed by atoms with van der Waals surface area (Å²) in [5.41, 5.74) is 0.981. The quantitative estimate of drug-likeness (QED) is 0.647. The highest BCUT2D eigenvalue weighted by atomic mass is 16.1. The molecule has 1 nitrogen and oxygen atoms in total. The Balaban J connectivity index is 2.22. The highest BCUT2D eigenvalue weighted by molar-refractivity contribution is 5.49. The molecule has 2 saturated carbocycles. The molecule has 0 spiro atoms. The Morgan fingerprint density at radius 2 is 2.07 bits per heavy atom. The maximum Gasteiger partial charge on any atom is 0.120 e. The molecule has 0 radical (unpaired) electrons. The van der Waals surface area contributed by atoms with Crippen LogP contribution in [0.1, 0.15) is 53.4 Å². The van der Waals surface area contributed by atoms with E-state index in [9.17, 15) is 4.79 Å². The van der Waals surface area contributed by atoms with E-state index in [1.807, 2.05) is 0 Å². The zero-order valence-electron chi connectivity index (χ0n) is 10.5. The Hall–Kier alpha value is -0.330. The van der Waals surface area contributed by atoms with E-state index in [1.54, 1.807) is 0 Å². The monoisotopic (exact) mass is 208 g/mol. The molecule has 2 aliphatic carbocycles. The summed E-state index contributed by atoms with van der Waals surface area (Å²) in [6.07, 6.45) is 6.00. The van der Waals surface area contributed by atoms with Gasteiger partial charge >= 0.3 is 0 Å². The Morgan fingerprint density at radius 3 is 2.47 bits per heavy atom. The maximum atomic E-state index is 10.6. The van der Waals surface area contributed by atoms with Gasteiger partial charge in [0.25, 0.3) is 0 Å². The summed E-state index contributed by atoms with van der Waals surface area (Å²) in [5, 5.41) is 0. The lowest BCUT2D eigenvalue weighted by atomic mass is 9.63. The maximum absolute atomic E-state index is 10.6. The van der Waals surface area contributed by atoms with Gasteiger partial charge < -0.3 is 4.79 Å². The molecule has 15 heavy (non-hydrogen) atoms. The molecule has 2 aliphatic rings. The van der Waals surface area contributed by atoms with E-state index in [1.165, 1.54) is 19.3 Å². The molecular formula is C14H24O. The van der Waals surface area contributed by atoms with Crippen molar-refractivity contribution in [2.24, 2.45) is 28.6 Å². The third-order valence-electron chi connectivity index (χ3n) is 6.02. The number of fused-ring (bicyclic) bond motifs is 2. The van der Waals surface area contributed by atoms with Gasteiger partial charge in [0.15, 0.2) is 0 Å². The molecule has 4 unspecified atom stereocenters. The average Bonchev–Trinajstić information content (AvgIpc) is 2.49. The van der Waals surface area contributed by atoms with Crippen molar-refractivity contribution >= 4 is 6.29 Å². The van der Waals surface area contributed by atoms with Crippen molar-refractivity contribution in [2.45, 2.75) is 53.4 Å². The number of aldehydes is 1. The van der Waals surface area contributed by atoms with Crippen molar-refractivity contribution in [3.05, 3.63) is 0 Å². The van der Waals surface area contributed by atoms with Crippen LogP contribution in [0.25, 0.3) is 0 Å². The van der Waals surface area contributed by atoms with Gasteiger partial charge in [0.05, 0.1) is 0 Å². The SMILES string of the molecule is CC(CC=O)C1CC2CCC1(C)C2(C)C. The summed E-state index contributed by atoms with van der Waals surface area (Å²) in [5.74, 6) is 2.26. The van der Waals surface area contributed by atoms with E-state index < -0.39 is 0 Å². The van der Waals surface area contributed by atoms with Crippen molar-refractivity contribution in [1.82, 2.24) is 0 Å². The lowest BCUT2D eigenvalue weighted by molar-refractivity contribution is -0.109. The fourth-order valence-electron chi connectivity index (χ4n) is 4.44. The van der Waals surface area contributed by atoms with Crippen molar-refractivity contribution in [3.8, 4) is 0 Å². The molecule has 0 heterocycles. The molecular weight excluding hydrogens is 184 g/mol. The van der Waals surface area contributed by atoms with Gasteiger partial charge in [-0.15, -0.1) is 0 Å². The fourth-order valence-corrected chi connectivity index (χ4v) is 4.44. The molecule has 2 fully saturated rings. The molecule has 0 aromatic rings. The fraction of sp³-hybridized carbons (Fsp3) is 0.929. The zero-order chi connectivity index (χ0) is 11.3. The van der Waals surface area contributed by atoms with E-state index in [0.29, 0.717) is 16.7 Å². The first-order chi connectivity index (χ1) is 6.93. The van der Waals surface area contributed by atoms with Crippen LogP contribution >= 0.6 is 0 Å². The smallest absolute Gasteiger partial charge is 0.120 e. The van der Waals surface area contributed by atoms with Gasteiger partial charge in [-0.3, -0.25) is 0 Å². The Bertz CT molecular complexity index is 269. The molecule has 2 rings (SSSR count). The number of rotatable bonds is 3. The van der Waals surface area contributed by atoms with Crippen LogP contribution in [0.5, 0.6) is 0 Å². The van der Waals surface area contributed by atoms with Crippen LogP contribution in [0.3, 0.4) is 0 Å². The van der Waals surface area contributed by atoms with Gasteiger partial charge in [-0.1, -0.05) is 27.7 Å². The molecule has 0 amide bonds. The van der Waals surface area contributed by atoms with E-state index in [-0.39, 0.29) is 0 Å². The number of carbonyl (C=O) groups is 1. The standard InChI is InChI=1S/C14H24O/c1-10(6-8-15)12-9-11-5-7-14(12,4)13(11,2)3/h8,10-12H,5-7,9H2,1-4H3. The number of hydrogen-bond donors (Lipinski definition) is 0. The highest BCUT2D eigenvalue weighted by Gasteiger charge is 2.61. The van der Waals surface area contributed by atoms with E-state index in [2.05, 4.69) is 27.7 Å². The van der Waals surface area contributed by atoms with Gasteiger partial charge in [0.2, 0.25) is 0 Å². The van der Waals surface area contributed by atoms with E-state index in [0.717, 1.165) is 24.5 Å². The first-order valence-electron chi connectivity index (χ1n) is 6.37. The van der Waals surface area contributed by atoms with Crippen LogP contribution in [-0.2, 0) is 4.79 Å². The molecule has 86 valence electrons. The van der Waals surface area contributed by atoms with Crippen molar-refractivity contribution in [3.63, 3.8) is 0 Å². The normalized spacial score (nSPS) is 44.3. The summed E-state index contributed by atoms with van der Waals surface area (Å²) in [6.45, 7) is 9.61. The number of carbonyl (C=O) groups excluding carboxylic acids is 1. The molecule has 0 saturated heterocycles. The zero-order valence-corrected chi connectivity index (χ0v) is 10.5. The second kappa shape index (κ2) is 3.33. The van der Waals surface area contributed by atoms with E-state index >= 15 is 0 Å². The Labute approximate surface area is 93.6 Å². The van der Waals surface area contributed by atoms with Gasteiger partial charge in [-0.2, -0.15) is 0 Å². The minimum Gasteiger partial charge on any atom is -0.303 e. The predicted molar refractivity (Wildman–Crippen MR) is 62.6 cm³/mol. The van der Waals surface area contributed by atoms with Crippen LogP contribution in [-0.4, -0.2) is 6.29 Å². The molecule has 2 bridgehead atoms.